The molecule has 6 heteroatoms. The molecule has 0 aliphatic carbocycles. The van der Waals surface area contributed by atoms with Gasteiger partial charge in [-0.25, -0.2) is 4.79 Å². The molecule has 4 atom stereocenters. The summed E-state index contributed by atoms with van der Waals surface area (Å²) in [6.07, 6.45) is 18.9. The normalized spacial score (nSPS) is 21.2. The molecule has 252 valence electrons. The molecule has 3 rings (SSSR count). The molecule has 4 nitrogen and oxygen atoms in total. The van der Waals surface area contributed by atoms with Gasteiger partial charge >= 0.3 is 6.16 Å². The Kier molecular flexibility index (Phi) is 16.1. The molecule has 0 amide bonds. The van der Waals surface area contributed by atoms with Crippen LogP contribution in [0.1, 0.15) is 153 Å². The smallest absolute Gasteiger partial charge is 0.487 e. The minimum absolute atomic E-state index is 0.141. The first-order valence-corrected chi connectivity index (χ1v) is 20.3. The number of unbranched alkanes of at least 4 members (excludes halogenated alkanes) is 2. The fourth-order valence-corrected chi connectivity index (χ4v) is 9.92. The van der Waals surface area contributed by atoms with E-state index in [1.807, 2.05) is 28.5 Å². The Morgan fingerprint density at radius 2 is 1.57 bits per heavy atom. The second-order valence-corrected chi connectivity index (χ2v) is 17.6. The Hall–Kier alpha value is -1.01. The molecule has 1 saturated heterocycles. The zero-order valence-corrected chi connectivity index (χ0v) is 31.1. The Morgan fingerprint density at radius 3 is 2.23 bits per heavy atom. The molecule has 2 aliphatic rings. The molecular formula is C38H64O4S2. The lowest BCUT2D eigenvalue weighted by molar-refractivity contribution is 0.0509. The number of fused-ring (bicyclic) bond motifs is 1. The quantitative estimate of drug-likeness (QED) is 0.0644. The zero-order valence-electron chi connectivity index (χ0n) is 29.5. The van der Waals surface area contributed by atoms with E-state index >= 15 is 0 Å². The first-order valence-electron chi connectivity index (χ1n) is 17.9. The van der Waals surface area contributed by atoms with Crippen LogP contribution in [0.15, 0.2) is 0 Å². The molecule has 1 fully saturated rings. The van der Waals surface area contributed by atoms with E-state index < -0.39 is 6.16 Å². The Morgan fingerprint density at radius 1 is 0.886 bits per heavy atom. The summed E-state index contributed by atoms with van der Waals surface area (Å²) in [5.41, 5.74) is 4.12. The summed E-state index contributed by atoms with van der Waals surface area (Å²) in [6, 6.07) is 0. The van der Waals surface area contributed by atoms with Crippen molar-refractivity contribution in [1.82, 2.24) is 0 Å². The van der Waals surface area contributed by atoms with Crippen LogP contribution >= 0.6 is 21.6 Å². The van der Waals surface area contributed by atoms with Crippen molar-refractivity contribution in [3.05, 3.63) is 22.3 Å². The molecule has 1 aromatic carbocycles. The third-order valence-corrected chi connectivity index (χ3v) is 13.1. The van der Waals surface area contributed by atoms with Crippen LogP contribution in [0.2, 0.25) is 0 Å². The zero-order chi connectivity index (χ0) is 32.1. The van der Waals surface area contributed by atoms with Crippen LogP contribution in [0, 0.1) is 38.5 Å². The largest absolute Gasteiger partial charge is 0.513 e. The van der Waals surface area contributed by atoms with Gasteiger partial charge in [0.2, 0.25) is 0 Å². The summed E-state index contributed by atoms with van der Waals surface area (Å²) in [4.78, 5) is 12.6. The average Bonchev–Trinajstić information content (AvgIpc) is 3.49. The molecule has 0 saturated carbocycles. The second kappa shape index (κ2) is 19.0. The number of rotatable bonds is 19. The highest BCUT2D eigenvalue weighted by molar-refractivity contribution is 8.77. The van der Waals surface area contributed by atoms with Crippen molar-refractivity contribution >= 4 is 27.7 Å². The molecule has 0 spiro atoms. The highest BCUT2D eigenvalue weighted by Gasteiger charge is 2.35. The maximum atomic E-state index is 12.6. The standard InChI is InChI=1S/C38H64O4S2/c1-27(2)15-12-16-28(3)17-13-18-29(4)19-14-23-38(8)24-21-34-32(7)35(30(5)31(6)36(34)42-38)41-37(39)40-25-11-9-10-20-33-22-26-43-44-33/h27-29,33H,9-26H2,1-8H3/t28-,29-,33?,38-/m1/s1. The minimum atomic E-state index is -0.588. The van der Waals surface area contributed by atoms with Crippen molar-refractivity contribution in [1.29, 1.82) is 0 Å². The van der Waals surface area contributed by atoms with Gasteiger partial charge in [-0.05, 0) is 107 Å². The van der Waals surface area contributed by atoms with Crippen molar-refractivity contribution in [3.8, 4) is 11.5 Å². The lowest BCUT2D eigenvalue weighted by Crippen LogP contribution is -2.37. The third-order valence-electron chi connectivity index (χ3n) is 10.1. The van der Waals surface area contributed by atoms with Crippen molar-refractivity contribution in [2.75, 3.05) is 12.4 Å². The first kappa shape index (κ1) is 37.4. The average molecular weight is 649 g/mol. The Bertz CT molecular complexity index is 1020. The van der Waals surface area contributed by atoms with E-state index in [1.165, 1.54) is 81.9 Å². The van der Waals surface area contributed by atoms with Crippen LogP contribution < -0.4 is 9.47 Å². The molecule has 1 unspecified atom stereocenters. The molecule has 0 N–H and O–H groups in total. The summed E-state index contributed by atoms with van der Waals surface area (Å²) in [5.74, 6) is 5.42. The fraction of sp³-hybridized carbons (Fsp3) is 0.816. The van der Waals surface area contributed by atoms with Crippen molar-refractivity contribution in [3.63, 3.8) is 0 Å². The summed E-state index contributed by atoms with van der Waals surface area (Å²) >= 11 is 0. The summed E-state index contributed by atoms with van der Waals surface area (Å²) in [5, 5.41) is 0.813. The van der Waals surface area contributed by atoms with E-state index in [9.17, 15) is 4.79 Å². The summed E-state index contributed by atoms with van der Waals surface area (Å²) in [6.45, 7) is 18.4. The lowest BCUT2D eigenvalue weighted by Gasteiger charge is -2.38. The number of carbonyl (C=O) groups excluding carboxylic acids is 1. The van der Waals surface area contributed by atoms with Gasteiger partial charge in [0.1, 0.15) is 17.1 Å². The molecule has 0 bridgehead atoms. The first-order chi connectivity index (χ1) is 21.0. The predicted molar refractivity (Wildman–Crippen MR) is 192 cm³/mol. The highest BCUT2D eigenvalue weighted by atomic mass is 33.1. The van der Waals surface area contributed by atoms with Gasteiger partial charge in [-0.3, -0.25) is 0 Å². The molecule has 2 heterocycles. The number of carbonyl (C=O) groups is 1. The van der Waals surface area contributed by atoms with E-state index in [4.69, 9.17) is 14.2 Å². The van der Waals surface area contributed by atoms with Crippen LogP contribution in [0.25, 0.3) is 0 Å². The van der Waals surface area contributed by atoms with Gasteiger partial charge in [0.25, 0.3) is 0 Å². The van der Waals surface area contributed by atoms with Crippen LogP contribution in [-0.4, -0.2) is 29.4 Å². The van der Waals surface area contributed by atoms with Crippen LogP contribution in [0.3, 0.4) is 0 Å². The van der Waals surface area contributed by atoms with Gasteiger partial charge in [-0.15, -0.1) is 0 Å². The molecule has 0 radical (unpaired) electrons. The second-order valence-electron chi connectivity index (χ2n) is 14.8. The number of benzene rings is 1. The summed E-state index contributed by atoms with van der Waals surface area (Å²) < 4.78 is 18.1. The number of hydrogen-bond donors (Lipinski definition) is 0. The van der Waals surface area contributed by atoms with Crippen LogP contribution in [0.5, 0.6) is 11.5 Å². The monoisotopic (exact) mass is 648 g/mol. The Labute approximate surface area is 278 Å². The van der Waals surface area contributed by atoms with Gasteiger partial charge in [0, 0.05) is 16.6 Å². The van der Waals surface area contributed by atoms with Crippen molar-refractivity contribution in [2.45, 2.75) is 169 Å². The third kappa shape index (κ3) is 12.3. The maximum absolute atomic E-state index is 12.6. The summed E-state index contributed by atoms with van der Waals surface area (Å²) in [7, 11) is 4.03. The van der Waals surface area contributed by atoms with Gasteiger partial charge in [-0.2, -0.15) is 0 Å². The van der Waals surface area contributed by atoms with Gasteiger partial charge < -0.3 is 14.2 Å². The molecule has 44 heavy (non-hydrogen) atoms. The number of hydrogen-bond acceptors (Lipinski definition) is 6. The maximum Gasteiger partial charge on any atom is 0.513 e. The number of ether oxygens (including phenoxy) is 3. The van der Waals surface area contributed by atoms with E-state index in [2.05, 4.69) is 48.5 Å². The molecule has 1 aromatic rings. The molecule has 0 aromatic heterocycles. The van der Waals surface area contributed by atoms with E-state index in [1.54, 1.807) is 0 Å². The van der Waals surface area contributed by atoms with Gasteiger partial charge in [-0.1, -0.05) is 107 Å². The Balaban J connectivity index is 1.40. The highest BCUT2D eigenvalue weighted by Crippen LogP contribution is 2.45. The van der Waals surface area contributed by atoms with Crippen LogP contribution in [0.4, 0.5) is 4.79 Å². The lowest BCUT2D eigenvalue weighted by atomic mass is 9.83. The molecule has 2 aliphatic heterocycles. The topological polar surface area (TPSA) is 44.8 Å². The van der Waals surface area contributed by atoms with Gasteiger partial charge in [0.05, 0.1) is 6.61 Å². The minimum Gasteiger partial charge on any atom is -0.487 e. The van der Waals surface area contributed by atoms with Gasteiger partial charge in [0.15, 0.2) is 0 Å². The van der Waals surface area contributed by atoms with Crippen molar-refractivity contribution < 1.29 is 19.0 Å². The fourth-order valence-electron chi connectivity index (χ4n) is 6.90. The van der Waals surface area contributed by atoms with Crippen molar-refractivity contribution in [2.24, 2.45) is 17.8 Å². The van der Waals surface area contributed by atoms with Crippen LogP contribution in [-0.2, 0) is 11.2 Å². The predicted octanol–water partition coefficient (Wildman–Crippen LogP) is 12.4. The molecular weight excluding hydrogens is 585 g/mol. The van der Waals surface area contributed by atoms with E-state index in [0.717, 1.165) is 77.5 Å². The SMILES string of the molecule is Cc1c(C)c2c(c(C)c1OC(=O)OCCCCCC1CCSS1)CC[C@@](C)(CCC[C@H](C)CCC[C@H](C)CCCC(C)C)O2. The van der Waals surface area contributed by atoms with E-state index in [-0.39, 0.29) is 5.60 Å². The van der Waals surface area contributed by atoms with E-state index in [0.29, 0.717) is 12.4 Å².